The van der Waals surface area contributed by atoms with Crippen molar-refractivity contribution in [1.29, 1.82) is 0 Å². The van der Waals surface area contributed by atoms with Crippen molar-refractivity contribution in [3.63, 3.8) is 0 Å². The number of benzene rings is 10. The summed E-state index contributed by atoms with van der Waals surface area (Å²) < 4.78 is 0. The van der Waals surface area contributed by atoms with Crippen LogP contribution in [0.2, 0.25) is 0 Å². The van der Waals surface area contributed by atoms with Crippen LogP contribution >= 0.6 is 0 Å². The number of para-hydroxylation sites is 2. The molecule has 13 rings (SSSR count). The second-order valence-electron chi connectivity index (χ2n) is 20.0. The third-order valence-electron chi connectivity index (χ3n) is 15.7. The van der Waals surface area contributed by atoms with Crippen LogP contribution in [0.5, 0.6) is 0 Å². The number of rotatable bonds is 7. The van der Waals surface area contributed by atoms with Gasteiger partial charge in [0.25, 0.3) is 0 Å². The first-order chi connectivity index (χ1) is 33.8. The van der Waals surface area contributed by atoms with E-state index in [1.165, 1.54) is 89.3 Å². The van der Waals surface area contributed by atoms with Crippen LogP contribution in [0.25, 0.3) is 33.4 Å². The van der Waals surface area contributed by atoms with Gasteiger partial charge in [-0.15, -0.1) is 0 Å². The van der Waals surface area contributed by atoms with E-state index in [0.717, 1.165) is 22.7 Å². The van der Waals surface area contributed by atoms with Gasteiger partial charge in [0, 0.05) is 33.6 Å². The Morgan fingerprint density at radius 2 is 0.768 bits per heavy atom. The minimum absolute atomic E-state index is 0.127. The third kappa shape index (κ3) is 5.98. The topological polar surface area (TPSA) is 6.48 Å². The second kappa shape index (κ2) is 15.4. The first kappa shape index (κ1) is 41.0. The lowest BCUT2D eigenvalue weighted by molar-refractivity contribution is 0.625. The average molecular weight is 885 g/mol. The normalized spacial score (nSPS) is 15.0. The Hall–Kier alpha value is -8.20. The molecule has 0 atom stereocenters. The number of hydrogen-bond acceptors (Lipinski definition) is 2. The van der Waals surface area contributed by atoms with Gasteiger partial charge < -0.3 is 9.80 Å². The number of fused-ring (bicyclic) bond motifs is 8. The van der Waals surface area contributed by atoms with Crippen molar-refractivity contribution in [1.82, 2.24) is 0 Å². The van der Waals surface area contributed by atoms with Crippen molar-refractivity contribution in [3.05, 3.63) is 287 Å². The lowest BCUT2D eigenvalue weighted by Gasteiger charge is -2.48. The van der Waals surface area contributed by atoms with Gasteiger partial charge >= 0.3 is 0 Å². The second-order valence-corrected chi connectivity index (χ2v) is 20.0. The molecule has 1 aliphatic heterocycles. The lowest BCUT2D eigenvalue weighted by Crippen LogP contribution is -2.39. The molecule has 0 amide bonds. The fourth-order valence-corrected chi connectivity index (χ4v) is 12.6. The van der Waals surface area contributed by atoms with Crippen LogP contribution in [0.3, 0.4) is 0 Å². The van der Waals surface area contributed by atoms with Crippen LogP contribution in [0, 0.1) is 0 Å². The van der Waals surface area contributed by atoms with Crippen LogP contribution in [-0.2, 0) is 16.2 Å². The van der Waals surface area contributed by atoms with Crippen molar-refractivity contribution in [2.45, 2.75) is 43.9 Å². The SMILES string of the molecule is CC1(C)c2ccccc2-c2ccc(N(c3ccc(-c4ccccc4)cc3)c3ccc(N4c5ccccc5C(c5ccccc5)(c5cccc6c5C(C)(C)c5ccccc5-6)c5ccccc54)cc3)cc21. The molecule has 1 heterocycles. The third-order valence-corrected chi connectivity index (χ3v) is 15.7. The molecule has 0 spiro atoms. The first-order valence-electron chi connectivity index (χ1n) is 24.3. The predicted molar refractivity (Wildman–Crippen MR) is 288 cm³/mol. The molecule has 0 saturated carbocycles. The van der Waals surface area contributed by atoms with E-state index in [4.69, 9.17) is 0 Å². The molecule has 0 saturated heterocycles. The summed E-state index contributed by atoms with van der Waals surface area (Å²) in [6.45, 7) is 9.55. The largest absolute Gasteiger partial charge is 0.310 e. The molecule has 0 unspecified atom stereocenters. The molecule has 0 fully saturated rings. The van der Waals surface area contributed by atoms with Crippen LogP contribution in [0.4, 0.5) is 34.1 Å². The minimum Gasteiger partial charge on any atom is -0.310 e. The van der Waals surface area contributed by atoms with Crippen molar-refractivity contribution in [3.8, 4) is 33.4 Å². The van der Waals surface area contributed by atoms with Crippen LogP contribution in [-0.4, -0.2) is 0 Å². The summed E-state index contributed by atoms with van der Waals surface area (Å²) in [4.78, 5) is 4.92. The Morgan fingerprint density at radius 1 is 0.319 bits per heavy atom. The Bertz CT molecular complexity index is 3550. The molecule has 69 heavy (non-hydrogen) atoms. The van der Waals surface area contributed by atoms with E-state index in [2.05, 4.69) is 280 Å². The van der Waals surface area contributed by atoms with Crippen molar-refractivity contribution in [2.75, 3.05) is 9.80 Å². The summed E-state index contributed by atoms with van der Waals surface area (Å²) in [6, 6.07) is 90.4. The minimum atomic E-state index is -0.612. The van der Waals surface area contributed by atoms with E-state index in [-0.39, 0.29) is 10.8 Å². The summed E-state index contributed by atoms with van der Waals surface area (Å²) >= 11 is 0. The van der Waals surface area contributed by atoms with Gasteiger partial charge in [0.1, 0.15) is 0 Å². The zero-order chi connectivity index (χ0) is 46.5. The average Bonchev–Trinajstić information content (AvgIpc) is 3.78. The fourth-order valence-electron chi connectivity index (χ4n) is 12.6. The molecule has 10 aromatic rings. The van der Waals surface area contributed by atoms with Gasteiger partial charge in [0.15, 0.2) is 0 Å². The smallest absolute Gasteiger partial charge is 0.0745 e. The Labute approximate surface area is 406 Å². The highest BCUT2D eigenvalue weighted by Crippen LogP contribution is 2.62. The Morgan fingerprint density at radius 3 is 1.41 bits per heavy atom. The standard InChI is InChI=1S/C67H52N2/c1-65(2)56-27-13-11-24-52(56)54-43-42-51(44-61(54)65)68(48-36-34-46(35-37-48)45-20-7-5-8-21-45)49-38-40-50(41-39-49)69-62-32-17-15-29-58(62)67(47-22-9-6-10-23-47,59-30-16-18-33-63(59)69)60-31-19-26-55-53-25-12-14-28-57(53)66(3,4)64(55)60/h5-44H,1-4H3. The van der Waals surface area contributed by atoms with Gasteiger partial charge in [-0.1, -0.05) is 210 Å². The van der Waals surface area contributed by atoms with E-state index < -0.39 is 5.41 Å². The molecule has 0 radical (unpaired) electrons. The highest BCUT2D eigenvalue weighted by molar-refractivity contribution is 5.93. The van der Waals surface area contributed by atoms with Crippen molar-refractivity contribution >= 4 is 34.1 Å². The molecule has 0 N–H and O–H groups in total. The molecule has 2 aliphatic carbocycles. The molecule has 3 aliphatic rings. The maximum absolute atomic E-state index is 2.49. The molecular formula is C67H52N2. The molecule has 0 bridgehead atoms. The van der Waals surface area contributed by atoms with E-state index in [1.807, 2.05) is 0 Å². The number of nitrogens with zero attached hydrogens (tertiary/aromatic N) is 2. The maximum atomic E-state index is 2.49. The highest BCUT2D eigenvalue weighted by Gasteiger charge is 2.50. The zero-order valence-electron chi connectivity index (χ0n) is 39.5. The number of anilines is 6. The lowest BCUT2D eigenvalue weighted by atomic mass is 9.59. The van der Waals surface area contributed by atoms with Crippen LogP contribution in [0.1, 0.15) is 72.2 Å². The van der Waals surface area contributed by atoms with Gasteiger partial charge in [-0.25, -0.2) is 0 Å². The van der Waals surface area contributed by atoms with E-state index in [0.29, 0.717) is 0 Å². The van der Waals surface area contributed by atoms with E-state index >= 15 is 0 Å². The van der Waals surface area contributed by atoms with Crippen molar-refractivity contribution in [2.24, 2.45) is 0 Å². The molecule has 2 heteroatoms. The molecule has 10 aromatic carbocycles. The van der Waals surface area contributed by atoms with E-state index in [1.54, 1.807) is 0 Å². The van der Waals surface area contributed by atoms with Gasteiger partial charge in [-0.2, -0.15) is 0 Å². The van der Waals surface area contributed by atoms with Crippen molar-refractivity contribution < 1.29 is 0 Å². The van der Waals surface area contributed by atoms with Gasteiger partial charge in [0.2, 0.25) is 0 Å². The van der Waals surface area contributed by atoms with Gasteiger partial charge in [-0.05, 0) is 139 Å². The predicted octanol–water partition coefficient (Wildman–Crippen LogP) is 17.6. The Balaban J connectivity index is 0.976. The monoisotopic (exact) mass is 884 g/mol. The first-order valence-corrected chi connectivity index (χ1v) is 24.3. The fraction of sp³-hybridized carbons (Fsp3) is 0.104. The summed E-state index contributed by atoms with van der Waals surface area (Å²) in [5.74, 6) is 0. The summed E-state index contributed by atoms with van der Waals surface area (Å²) in [5, 5.41) is 0. The maximum Gasteiger partial charge on any atom is 0.0745 e. The zero-order valence-corrected chi connectivity index (χ0v) is 39.5. The van der Waals surface area contributed by atoms with Crippen LogP contribution in [0.15, 0.2) is 243 Å². The van der Waals surface area contributed by atoms with E-state index in [9.17, 15) is 0 Å². The highest BCUT2D eigenvalue weighted by atomic mass is 15.2. The van der Waals surface area contributed by atoms with Gasteiger partial charge in [0.05, 0.1) is 16.8 Å². The quantitative estimate of drug-likeness (QED) is 0.157. The summed E-state index contributed by atoms with van der Waals surface area (Å²) in [5.41, 5.74) is 24.2. The van der Waals surface area contributed by atoms with Crippen LogP contribution < -0.4 is 9.80 Å². The molecule has 0 aromatic heterocycles. The molecule has 330 valence electrons. The Kier molecular flexibility index (Phi) is 9.17. The summed E-state index contributed by atoms with van der Waals surface area (Å²) in [7, 11) is 0. The number of hydrogen-bond donors (Lipinski definition) is 0. The van der Waals surface area contributed by atoms with Gasteiger partial charge in [-0.3, -0.25) is 0 Å². The molecule has 2 nitrogen and oxygen atoms in total. The summed E-state index contributed by atoms with van der Waals surface area (Å²) in [6.07, 6.45) is 0. The molecular weight excluding hydrogens is 833 g/mol.